The lowest BCUT2D eigenvalue weighted by atomic mass is 10.2. The van der Waals surface area contributed by atoms with Crippen molar-refractivity contribution in [2.45, 2.75) is 19.6 Å². The Morgan fingerprint density at radius 2 is 1.77 bits per heavy atom. The number of carbonyl (C=O) groups is 2. The lowest BCUT2D eigenvalue weighted by Crippen LogP contribution is -2.42. The van der Waals surface area contributed by atoms with E-state index in [-0.39, 0.29) is 5.57 Å². The van der Waals surface area contributed by atoms with Crippen molar-refractivity contribution >= 4 is 34.9 Å². The van der Waals surface area contributed by atoms with E-state index in [1.807, 2.05) is 25.1 Å². The third kappa shape index (κ3) is 3.51. The van der Waals surface area contributed by atoms with E-state index >= 15 is 0 Å². The number of nitrogens with one attached hydrogen (secondary N) is 1. The Balaban J connectivity index is 2.17. The van der Waals surface area contributed by atoms with Gasteiger partial charge < -0.3 is 19.7 Å². The maximum Gasteiger partial charge on any atom is 0.350 e. The van der Waals surface area contributed by atoms with Gasteiger partial charge in [-0.15, -0.1) is 0 Å². The fourth-order valence-electron chi connectivity index (χ4n) is 1.89. The van der Waals surface area contributed by atoms with Crippen LogP contribution in [0.1, 0.15) is 13.8 Å². The molecule has 1 aliphatic rings. The molecule has 1 aromatic carbocycles. The van der Waals surface area contributed by atoms with Crippen LogP contribution in [0.2, 0.25) is 5.02 Å². The minimum absolute atomic E-state index is 0.202. The van der Waals surface area contributed by atoms with E-state index in [0.29, 0.717) is 10.7 Å². The number of anilines is 2. The Morgan fingerprint density at radius 3 is 2.27 bits per heavy atom. The molecular weight excluding hydrogens is 308 g/mol. The molecule has 1 aliphatic heterocycles. The van der Waals surface area contributed by atoms with Gasteiger partial charge in [-0.05, 0) is 18.2 Å². The first kappa shape index (κ1) is 16.2. The molecule has 0 aliphatic carbocycles. The lowest BCUT2D eigenvalue weighted by Gasteiger charge is -2.29. The fourth-order valence-corrected chi connectivity index (χ4v) is 2.24. The van der Waals surface area contributed by atoms with Crippen LogP contribution in [0, 0.1) is 0 Å². The zero-order chi connectivity index (χ0) is 16.5. The first-order valence-electron chi connectivity index (χ1n) is 6.60. The van der Waals surface area contributed by atoms with Crippen molar-refractivity contribution in [3.63, 3.8) is 0 Å². The monoisotopic (exact) mass is 324 g/mol. The molecule has 0 bridgehead atoms. The van der Waals surface area contributed by atoms with Gasteiger partial charge in [0.15, 0.2) is 5.57 Å². The highest BCUT2D eigenvalue weighted by Crippen LogP contribution is 2.28. The van der Waals surface area contributed by atoms with Gasteiger partial charge in [0, 0.05) is 39.8 Å². The summed E-state index contributed by atoms with van der Waals surface area (Å²) in [7, 11) is 3.76. The molecule has 0 saturated carbocycles. The number of benzene rings is 1. The van der Waals surface area contributed by atoms with Gasteiger partial charge in [-0.2, -0.15) is 0 Å². The first-order chi connectivity index (χ1) is 10.2. The average Bonchev–Trinajstić information content (AvgIpc) is 2.35. The molecule has 118 valence electrons. The number of hydrogen-bond acceptors (Lipinski definition) is 6. The van der Waals surface area contributed by atoms with E-state index in [1.165, 1.54) is 20.0 Å². The summed E-state index contributed by atoms with van der Waals surface area (Å²) in [5.74, 6) is -2.71. The maximum atomic E-state index is 11.8. The van der Waals surface area contributed by atoms with Crippen molar-refractivity contribution in [3.05, 3.63) is 35.0 Å². The number of rotatable bonds is 3. The quantitative estimate of drug-likeness (QED) is 0.523. The third-order valence-corrected chi connectivity index (χ3v) is 3.23. The highest BCUT2D eigenvalue weighted by Gasteiger charge is 2.38. The Bertz CT molecular complexity index is 631. The highest BCUT2D eigenvalue weighted by molar-refractivity contribution is 6.33. The van der Waals surface area contributed by atoms with Crippen molar-refractivity contribution in [2.75, 3.05) is 24.3 Å². The molecule has 0 unspecified atom stereocenters. The molecule has 1 heterocycles. The van der Waals surface area contributed by atoms with Crippen molar-refractivity contribution < 1.29 is 19.1 Å². The van der Waals surface area contributed by atoms with Crippen LogP contribution >= 0.6 is 11.6 Å². The van der Waals surface area contributed by atoms with E-state index in [2.05, 4.69) is 5.32 Å². The molecule has 22 heavy (non-hydrogen) atoms. The summed E-state index contributed by atoms with van der Waals surface area (Å²) >= 11 is 6.16. The van der Waals surface area contributed by atoms with Gasteiger partial charge in [-0.3, -0.25) is 0 Å². The molecule has 0 atom stereocenters. The Morgan fingerprint density at radius 1 is 1.18 bits per heavy atom. The lowest BCUT2D eigenvalue weighted by molar-refractivity contribution is -0.222. The van der Waals surface area contributed by atoms with Gasteiger partial charge in [0.2, 0.25) is 0 Å². The van der Waals surface area contributed by atoms with Crippen molar-refractivity contribution in [1.82, 2.24) is 0 Å². The topological polar surface area (TPSA) is 67.9 Å². The molecule has 1 fully saturated rings. The highest BCUT2D eigenvalue weighted by atomic mass is 35.5. The molecule has 1 saturated heterocycles. The molecule has 1 aromatic rings. The van der Waals surface area contributed by atoms with Gasteiger partial charge in [-0.25, -0.2) is 9.59 Å². The second-order valence-electron chi connectivity index (χ2n) is 5.44. The van der Waals surface area contributed by atoms with E-state index in [0.717, 1.165) is 5.69 Å². The summed E-state index contributed by atoms with van der Waals surface area (Å²) in [5.41, 5.74) is 1.29. The van der Waals surface area contributed by atoms with Crippen molar-refractivity contribution in [2.24, 2.45) is 0 Å². The van der Waals surface area contributed by atoms with E-state index in [9.17, 15) is 9.59 Å². The molecule has 0 radical (unpaired) electrons. The first-order valence-corrected chi connectivity index (χ1v) is 6.98. The van der Waals surface area contributed by atoms with Gasteiger partial charge in [0.25, 0.3) is 5.79 Å². The van der Waals surface area contributed by atoms with E-state index in [1.54, 1.807) is 12.1 Å². The number of carbonyl (C=O) groups excluding carboxylic acids is 2. The Labute approximate surface area is 133 Å². The van der Waals surface area contributed by atoms with Gasteiger partial charge in [-0.1, -0.05) is 11.6 Å². The Hall–Kier alpha value is -2.21. The second-order valence-corrected chi connectivity index (χ2v) is 5.85. The standard InChI is InChI=1S/C15H17ClN2O4/c1-15(2)21-13(19)10(14(20)22-15)8-17-9-5-6-12(18(3)4)11(16)7-9/h5-8,17H,1-4H3. The summed E-state index contributed by atoms with van der Waals surface area (Å²) in [4.78, 5) is 25.5. The SMILES string of the molecule is CN(C)c1ccc(NC=C2C(=O)OC(C)(C)OC2=O)cc1Cl. The van der Waals surface area contributed by atoms with Crippen molar-refractivity contribution in [3.8, 4) is 0 Å². The average molecular weight is 325 g/mol. The number of halogens is 1. The normalized spacial score (nSPS) is 16.7. The van der Waals surface area contributed by atoms with E-state index < -0.39 is 17.7 Å². The number of ether oxygens (including phenoxy) is 2. The smallest absolute Gasteiger partial charge is 0.350 e. The fraction of sp³-hybridized carbons (Fsp3) is 0.333. The maximum absolute atomic E-state index is 11.8. The van der Waals surface area contributed by atoms with Crippen LogP contribution in [0.5, 0.6) is 0 Å². The summed E-state index contributed by atoms with van der Waals surface area (Å²) in [5, 5.41) is 3.39. The molecular formula is C15H17ClN2O4. The van der Waals surface area contributed by atoms with Crippen LogP contribution in [-0.4, -0.2) is 31.8 Å². The molecule has 0 spiro atoms. The number of esters is 2. The summed E-state index contributed by atoms with van der Waals surface area (Å²) in [6.45, 7) is 2.99. The van der Waals surface area contributed by atoms with Crippen LogP contribution in [0.4, 0.5) is 11.4 Å². The minimum atomic E-state index is -1.25. The Kier molecular flexibility index (Phi) is 4.32. The summed E-state index contributed by atoms with van der Waals surface area (Å²) in [6.07, 6.45) is 1.25. The van der Waals surface area contributed by atoms with E-state index in [4.69, 9.17) is 21.1 Å². The second kappa shape index (κ2) is 5.88. The number of hydrogen-bond donors (Lipinski definition) is 1. The van der Waals surface area contributed by atoms with Crippen LogP contribution in [0.25, 0.3) is 0 Å². The van der Waals surface area contributed by atoms with Crippen LogP contribution in [0.3, 0.4) is 0 Å². The molecule has 1 N–H and O–H groups in total. The van der Waals surface area contributed by atoms with Gasteiger partial charge >= 0.3 is 11.9 Å². The zero-order valence-electron chi connectivity index (χ0n) is 12.8. The van der Waals surface area contributed by atoms with Crippen LogP contribution < -0.4 is 10.2 Å². The largest absolute Gasteiger partial charge is 0.419 e. The number of nitrogens with zero attached hydrogens (tertiary/aromatic N) is 1. The number of cyclic esters (lactones) is 2. The predicted molar refractivity (Wildman–Crippen MR) is 83.7 cm³/mol. The van der Waals surface area contributed by atoms with Crippen molar-refractivity contribution in [1.29, 1.82) is 0 Å². The summed E-state index contributed by atoms with van der Waals surface area (Å²) < 4.78 is 9.99. The molecule has 7 heteroatoms. The van der Waals surface area contributed by atoms with Crippen LogP contribution in [0.15, 0.2) is 30.0 Å². The van der Waals surface area contributed by atoms with Gasteiger partial charge in [0.1, 0.15) is 0 Å². The third-order valence-electron chi connectivity index (χ3n) is 2.93. The van der Waals surface area contributed by atoms with Gasteiger partial charge in [0.05, 0.1) is 10.7 Å². The summed E-state index contributed by atoms with van der Waals surface area (Å²) in [6, 6.07) is 5.29. The zero-order valence-corrected chi connectivity index (χ0v) is 13.5. The molecule has 6 nitrogen and oxygen atoms in total. The van der Waals surface area contributed by atoms with Crippen LogP contribution in [-0.2, 0) is 19.1 Å². The minimum Gasteiger partial charge on any atom is -0.419 e. The predicted octanol–water partition coefficient (Wildman–Crippen LogP) is 2.54. The molecule has 0 amide bonds. The molecule has 2 rings (SSSR count). The molecule has 0 aromatic heterocycles.